The smallest absolute Gasteiger partial charge is 0.315 e. The van der Waals surface area contributed by atoms with Gasteiger partial charge in [0.15, 0.2) is 0 Å². The van der Waals surface area contributed by atoms with Gasteiger partial charge in [-0.1, -0.05) is 44.2 Å². The van der Waals surface area contributed by atoms with E-state index in [1.54, 1.807) is 0 Å². The van der Waals surface area contributed by atoms with Gasteiger partial charge >= 0.3 is 6.03 Å². The van der Waals surface area contributed by atoms with Crippen LogP contribution in [0.2, 0.25) is 0 Å². The summed E-state index contributed by atoms with van der Waals surface area (Å²) < 4.78 is 5.34. The topological polar surface area (TPSA) is 53.6 Å². The molecule has 1 aliphatic rings. The Balaban J connectivity index is 1.64. The van der Waals surface area contributed by atoms with E-state index in [0.717, 1.165) is 57.8 Å². The van der Waals surface area contributed by atoms with Crippen molar-refractivity contribution in [2.45, 2.75) is 32.7 Å². The lowest BCUT2D eigenvalue weighted by atomic mass is 9.96. The van der Waals surface area contributed by atoms with E-state index in [0.29, 0.717) is 5.92 Å². The molecule has 5 nitrogen and oxygen atoms in total. The van der Waals surface area contributed by atoms with Gasteiger partial charge in [0.05, 0.1) is 19.3 Å². The first-order valence-electron chi connectivity index (χ1n) is 9.06. The summed E-state index contributed by atoms with van der Waals surface area (Å²) in [6.45, 7) is 9.80. The average molecular weight is 333 g/mol. The first kappa shape index (κ1) is 18.7. The standard InChI is InChI=1S/C19H31N3O2/c1-16(2)18(17-8-4-3-5-9-17)21-19(23)20-10-6-7-11-22-12-14-24-15-13-22/h3-5,8-9,16,18H,6-7,10-15H2,1-2H3,(H2,20,21,23). The monoisotopic (exact) mass is 333 g/mol. The van der Waals surface area contributed by atoms with Gasteiger partial charge in [0, 0.05) is 19.6 Å². The van der Waals surface area contributed by atoms with Crippen molar-refractivity contribution >= 4 is 6.03 Å². The van der Waals surface area contributed by atoms with E-state index in [2.05, 4.69) is 41.5 Å². The minimum Gasteiger partial charge on any atom is -0.379 e. The first-order chi connectivity index (χ1) is 11.7. The van der Waals surface area contributed by atoms with Gasteiger partial charge < -0.3 is 15.4 Å². The highest BCUT2D eigenvalue weighted by Gasteiger charge is 2.17. The van der Waals surface area contributed by atoms with Crippen LogP contribution in [0.25, 0.3) is 0 Å². The molecule has 134 valence electrons. The minimum absolute atomic E-state index is 0.0412. The summed E-state index contributed by atoms with van der Waals surface area (Å²) in [7, 11) is 0. The van der Waals surface area contributed by atoms with Crippen molar-refractivity contribution in [3.05, 3.63) is 35.9 Å². The maximum Gasteiger partial charge on any atom is 0.315 e. The van der Waals surface area contributed by atoms with Crippen LogP contribution in [0.3, 0.4) is 0 Å². The Labute approximate surface area is 145 Å². The van der Waals surface area contributed by atoms with Crippen LogP contribution in [-0.2, 0) is 4.74 Å². The summed E-state index contributed by atoms with van der Waals surface area (Å²) in [6, 6.07) is 10.1. The van der Waals surface area contributed by atoms with Gasteiger partial charge in [0.25, 0.3) is 0 Å². The van der Waals surface area contributed by atoms with Crippen LogP contribution >= 0.6 is 0 Å². The normalized spacial score (nSPS) is 16.8. The largest absolute Gasteiger partial charge is 0.379 e. The highest BCUT2D eigenvalue weighted by atomic mass is 16.5. The molecule has 0 radical (unpaired) electrons. The van der Waals surface area contributed by atoms with Gasteiger partial charge in [-0.3, -0.25) is 4.90 Å². The molecule has 0 bridgehead atoms. The van der Waals surface area contributed by atoms with Crippen molar-refractivity contribution in [1.82, 2.24) is 15.5 Å². The summed E-state index contributed by atoms with van der Waals surface area (Å²) >= 11 is 0. The van der Waals surface area contributed by atoms with E-state index < -0.39 is 0 Å². The number of hydrogen-bond donors (Lipinski definition) is 2. The number of benzene rings is 1. The molecule has 0 saturated carbocycles. The van der Waals surface area contributed by atoms with Crippen molar-refractivity contribution in [1.29, 1.82) is 0 Å². The second-order valence-corrected chi connectivity index (χ2v) is 6.69. The third kappa shape index (κ3) is 6.49. The molecule has 1 saturated heterocycles. The number of morpholine rings is 1. The molecule has 0 spiro atoms. The Bertz CT molecular complexity index is 473. The molecule has 1 atom stereocenters. The van der Waals surface area contributed by atoms with Gasteiger partial charge in [0.1, 0.15) is 0 Å². The number of carbonyl (C=O) groups excluding carboxylic acids is 1. The summed E-state index contributed by atoms with van der Waals surface area (Å²) in [6.07, 6.45) is 2.11. The molecule has 1 aliphatic heterocycles. The van der Waals surface area contributed by atoms with Crippen molar-refractivity contribution in [2.75, 3.05) is 39.4 Å². The van der Waals surface area contributed by atoms with Gasteiger partial charge in [-0.15, -0.1) is 0 Å². The molecule has 0 aliphatic carbocycles. The fourth-order valence-corrected chi connectivity index (χ4v) is 2.97. The number of amides is 2. The molecular weight excluding hydrogens is 302 g/mol. The third-order valence-electron chi connectivity index (χ3n) is 4.40. The van der Waals surface area contributed by atoms with Crippen molar-refractivity contribution < 1.29 is 9.53 Å². The van der Waals surface area contributed by atoms with E-state index in [1.807, 2.05) is 18.2 Å². The Hall–Kier alpha value is -1.59. The van der Waals surface area contributed by atoms with Crippen LogP contribution < -0.4 is 10.6 Å². The highest BCUT2D eigenvalue weighted by molar-refractivity contribution is 5.74. The van der Waals surface area contributed by atoms with Crippen LogP contribution in [0.4, 0.5) is 4.79 Å². The van der Waals surface area contributed by atoms with Crippen molar-refractivity contribution in [3.8, 4) is 0 Å². The van der Waals surface area contributed by atoms with Crippen LogP contribution in [0.5, 0.6) is 0 Å². The highest BCUT2D eigenvalue weighted by Crippen LogP contribution is 2.20. The van der Waals surface area contributed by atoms with Gasteiger partial charge in [-0.25, -0.2) is 4.79 Å². The molecule has 1 aromatic rings. The van der Waals surface area contributed by atoms with E-state index in [1.165, 1.54) is 0 Å². The van der Waals surface area contributed by atoms with E-state index in [-0.39, 0.29) is 12.1 Å². The predicted octanol–water partition coefficient (Wildman–Crippen LogP) is 2.80. The molecule has 0 aromatic heterocycles. The first-order valence-corrected chi connectivity index (χ1v) is 9.06. The third-order valence-corrected chi connectivity index (χ3v) is 4.40. The quantitative estimate of drug-likeness (QED) is 0.719. The maximum atomic E-state index is 12.1. The second-order valence-electron chi connectivity index (χ2n) is 6.69. The number of ether oxygens (including phenoxy) is 1. The maximum absolute atomic E-state index is 12.1. The lowest BCUT2D eigenvalue weighted by Crippen LogP contribution is -2.40. The molecule has 1 aromatic carbocycles. The molecular formula is C19H31N3O2. The molecule has 2 rings (SSSR count). The summed E-state index contributed by atoms with van der Waals surface area (Å²) in [5, 5.41) is 6.08. The average Bonchev–Trinajstić information content (AvgIpc) is 2.61. The van der Waals surface area contributed by atoms with Crippen molar-refractivity contribution in [3.63, 3.8) is 0 Å². The lowest BCUT2D eigenvalue weighted by molar-refractivity contribution is 0.0372. The number of urea groups is 1. The van der Waals surface area contributed by atoms with Crippen LogP contribution in [0.15, 0.2) is 30.3 Å². The molecule has 1 fully saturated rings. The summed E-state index contributed by atoms with van der Waals surface area (Å²) in [5.41, 5.74) is 1.15. The summed E-state index contributed by atoms with van der Waals surface area (Å²) in [5.74, 6) is 0.347. The molecule has 1 heterocycles. The number of nitrogens with zero attached hydrogens (tertiary/aromatic N) is 1. The van der Waals surface area contributed by atoms with Gasteiger partial charge in [0.2, 0.25) is 0 Å². The van der Waals surface area contributed by atoms with Gasteiger partial charge in [-0.2, -0.15) is 0 Å². The van der Waals surface area contributed by atoms with Crippen LogP contribution in [-0.4, -0.2) is 50.3 Å². The van der Waals surface area contributed by atoms with E-state index in [9.17, 15) is 4.79 Å². The fourth-order valence-electron chi connectivity index (χ4n) is 2.97. The molecule has 24 heavy (non-hydrogen) atoms. The molecule has 1 unspecified atom stereocenters. The lowest BCUT2D eigenvalue weighted by Gasteiger charge is -2.26. The van der Waals surface area contributed by atoms with E-state index in [4.69, 9.17) is 4.74 Å². The van der Waals surface area contributed by atoms with E-state index >= 15 is 0 Å². The second kappa shape index (κ2) is 10.3. The Morgan fingerprint density at radius 3 is 2.54 bits per heavy atom. The Morgan fingerprint density at radius 1 is 1.17 bits per heavy atom. The minimum atomic E-state index is -0.0797. The zero-order valence-corrected chi connectivity index (χ0v) is 15.0. The summed E-state index contributed by atoms with van der Waals surface area (Å²) in [4.78, 5) is 14.6. The number of rotatable bonds is 8. The number of unbranched alkanes of at least 4 members (excludes halogenated alkanes) is 1. The SMILES string of the molecule is CC(C)C(NC(=O)NCCCCN1CCOCC1)c1ccccc1. The predicted molar refractivity (Wildman–Crippen MR) is 97.0 cm³/mol. The molecule has 5 heteroatoms. The Kier molecular flexibility index (Phi) is 8.05. The van der Waals surface area contributed by atoms with Crippen molar-refractivity contribution in [2.24, 2.45) is 5.92 Å². The fraction of sp³-hybridized carbons (Fsp3) is 0.632. The molecule has 2 N–H and O–H groups in total. The van der Waals surface area contributed by atoms with Gasteiger partial charge in [-0.05, 0) is 30.9 Å². The number of nitrogens with one attached hydrogen (secondary N) is 2. The Morgan fingerprint density at radius 2 is 1.88 bits per heavy atom. The number of carbonyl (C=O) groups is 1. The van der Waals surface area contributed by atoms with Crippen LogP contribution in [0, 0.1) is 5.92 Å². The zero-order chi connectivity index (χ0) is 17.2. The number of hydrogen-bond acceptors (Lipinski definition) is 3. The molecule has 2 amide bonds. The van der Waals surface area contributed by atoms with Crippen LogP contribution in [0.1, 0.15) is 38.3 Å². The zero-order valence-electron chi connectivity index (χ0n) is 15.0.